The van der Waals surface area contributed by atoms with Gasteiger partial charge in [0.25, 0.3) is 0 Å². The van der Waals surface area contributed by atoms with Gasteiger partial charge in [-0.2, -0.15) is 10.2 Å². The van der Waals surface area contributed by atoms with Crippen molar-refractivity contribution < 1.29 is 4.39 Å². The molecule has 0 spiro atoms. The van der Waals surface area contributed by atoms with E-state index >= 15 is 0 Å². The van der Waals surface area contributed by atoms with Gasteiger partial charge in [0.15, 0.2) is 0 Å². The van der Waals surface area contributed by atoms with Crippen LogP contribution < -0.4 is 11.0 Å². The highest BCUT2D eigenvalue weighted by Crippen LogP contribution is 2.27. The number of fused-ring (bicyclic) bond motifs is 2. The standard InChI is InChI=1S/C25H24FN7O/c1-15-10-19(11-16(2)23(15)26)33-24(20-14-27-7-6-21(20)29-33)32-9-8-31(25(32)34)18-4-5-22-17(12-18)13-28-30(22)3/h4-5,8-13,27H,6-7,14H2,1-3H3. The molecule has 5 aromatic rings. The number of aromatic nitrogens is 6. The second-order valence-corrected chi connectivity index (χ2v) is 8.81. The van der Waals surface area contributed by atoms with Crippen LogP contribution >= 0.6 is 0 Å². The summed E-state index contributed by atoms with van der Waals surface area (Å²) in [7, 11) is 1.89. The number of nitrogens with zero attached hydrogens (tertiary/aromatic N) is 6. The van der Waals surface area contributed by atoms with Gasteiger partial charge in [-0.1, -0.05) is 0 Å². The first-order chi connectivity index (χ1) is 16.4. The van der Waals surface area contributed by atoms with E-state index in [0.717, 1.165) is 46.5 Å². The highest BCUT2D eigenvalue weighted by Gasteiger charge is 2.25. The number of halogens is 1. The summed E-state index contributed by atoms with van der Waals surface area (Å²) >= 11 is 0. The Balaban J connectivity index is 1.54. The van der Waals surface area contributed by atoms with Crippen molar-refractivity contribution in [3.05, 3.63) is 87.6 Å². The molecular weight excluding hydrogens is 433 g/mol. The minimum absolute atomic E-state index is 0.201. The van der Waals surface area contributed by atoms with Gasteiger partial charge in [-0.25, -0.2) is 13.9 Å². The number of nitrogens with one attached hydrogen (secondary N) is 1. The van der Waals surface area contributed by atoms with Crippen molar-refractivity contribution in [2.24, 2.45) is 7.05 Å². The summed E-state index contributed by atoms with van der Waals surface area (Å²) in [6.45, 7) is 4.93. The molecule has 4 heterocycles. The SMILES string of the molecule is Cc1cc(-n2nc3c(c2-n2ccn(-c4ccc5c(cnn5C)c4)c2=O)CNCC3)cc(C)c1F. The molecule has 1 aliphatic rings. The highest BCUT2D eigenvalue weighted by molar-refractivity contribution is 5.80. The number of rotatable bonds is 3. The van der Waals surface area contributed by atoms with Crippen LogP contribution in [0.4, 0.5) is 4.39 Å². The fourth-order valence-corrected chi connectivity index (χ4v) is 4.80. The lowest BCUT2D eigenvalue weighted by molar-refractivity contribution is 0.608. The van der Waals surface area contributed by atoms with Gasteiger partial charge in [0, 0.05) is 49.9 Å². The molecule has 0 bridgehead atoms. The predicted octanol–water partition coefficient (Wildman–Crippen LogP) is 3.10. The van der Waals surface area contributed by atoms with Crippen molar-refractivity contribution in [2.75, 3.05) is 6.54 Å². The van der Waals surface area contributed by atoms with Gasteiger partial charge in [0.1, 0.15) is 11.6 Å². The zero-order valence-electron chi connectivity index (χ0n) is 19.2. The first-order valence-electron chi connectivity index (χ1n) is 11.2. The van der Waals surface area contributed by atoms with E-state index < -0.39 is 0 Å². The van der Waals surface area contributed by atoms with Gasteiger partial charge in [0.2, 0.25) is 0 Å². The number of hydrogen-bond acceptors (Lipinski definition) is 4. The van der Waals surface area contributed by atoms with Gasteiger partial charge in [-0.3, -0.25) is 13.8 Å². The van der Waals surface area contributed by atoms with E-state index in [1.54, 1.807) is 63.1 Å². The van der Waals surface area contributed by atoms with E-state index in [9.17, 15) is 9.18 Å². The van der Waals surface area contributed by atoms with Crippen molar-refractivity contribution in [1.82, 2.24) is 34.0 Å². The maximum absolute atomic E-state index is 14.3. The zero-order chi connectivity index (χ0) is 23.6. The molecule has 0 fully saturated rings. The molecule has 1 aliphatic heterocycles. The number of imidazole rings is 1. The third kappa shape index (κ3) is 3.04. The molecule has 172 valence electrons. The van der Waals surface area contributed by atoms with Crippen molar-refractivity contribution in [1.29, 1.82) is 0 Å². The maximum atomic E-state index is 14.3. The molecule has 0 radical (unpaired) electrons. The van der Waals surface area contributed by atoms with Crippen molar-refractivity contribution in [2.45, 2.75) is 26.8 Å². The summed E-state index contributed by atoms with van der Waals surface area (Å²) in [6, 6.07) is 9.37. The van der Waals surface area contributed by atoms with E-state index in [1.165, 1.54) is 0 Å². The van der Waals surface area contributed by atoms with Crippen LogP contribution in [0.2, 0.25) is 0 Å². The van der Waals surface area contributed by atoms with Gasteiger partial charge in [-0.05, 0) is 55.3 Å². The lowest BCUT2D eigenvalue weighted by Gasteiger charge is -2.14. The van der Waals surface area contributed by atoms with Gasteiger partial charge in [0.05, 0.1) is 28.8 Å². The smallest absolute Gasteiger partial charge is 0.312 e. The quantitative estimate of drug-likeness (QED) is 0.452. The summed E-state index contributed by atoms with van der Waals surface area (Å²) in [4.78, 5) is 13.6. The highest BCUT2D eigenvalue weighted by atomic mass is 19.1. The molecular formula is C25H24FN7O. The zero-order valence-corrected chi connectivity index (χ0v) is 19.2. The Morgan fingerprint density at radius 2 is 1.79 bits per heavy atom. The van der Waals surface area contributed by atoms with Crippen LogP contribution in [0, 0.1) is 19.7 Å². The minimum Gasteiger partial charge on any atom is -0.312 e. The van der Waals surface area contributed by atoms with E-state index in [0.29, 0.717) is 23.5 Å². The number of benzene rings is 2. The number of aryl methyl sites for hydroxylation is 3. The monoisotopic (exact) mass is 457 g/mol. The lowest BCUT2D eigenvalue weighted by Crippen LogP contribution is -2.27. The molecule has 34 heavy (non-hydrogen) atoms. The van der Waals surface area contributed by atoms with E-state index in [4.69, 9.17) is 5.10 Å². The van der Waals surface area contributed by atoms with Crippen LogP contribution in [-0.2, 0) is 20.0 Å². The fraction of sp³-hybridized carbons (Fsp3) is 0.240. The molecule has 0 aliphatic carbocycles. The van der Waals surface area contributed by atoms with Crippen molar-refractivity contribution >= 4 is 10.9 Å². The Labute approximate surface area is 194 Å². The summed E-state index contributed by atoms with van der Waals surface area (Å²) < 4.78 is 21.2. The molecule has 8 nitrogen and oxygen atoms in total. The Morgan fingerprint density at radius 1 is 1.03 bits per heavy atom. The van der Waals surface area contributed by atoms with Crippen LogP contribution in [0.5, 0.6) is 0 Å². The van der Waals surface area contributed by atoms with E-state index in [2.05, 4.69) is 10.4 Å². The van der Waals surface area contributed by atoms with Gasteiger partial charge >= 0.3 is 5.69 Å². The summed E-state index contributed by atoms with van der Waals surface area (Å²) in [5.74, 6) is 0.455. The first-order valence-corrected chi connectivity index (χ1v) is 11.2. The minimum atomic E-state index is -0.224. The normalized spacial score (nSPS) is 13.5. The Morgan fingerprint density at radius 3 is 2.59 bits per heavy atom. The molecule has 3 aromatic heterocycles. The first kappa shape index (κ1) is 20.6. The fourth-order valence-electron chi connectivity index (χ4n) is 4.80. The van der Waals surface area contributed by atoms with Crippen LogP contribution in [0.15, 0.2) is 53.7 Å². The molecule has 2 aromatic carbocycles. The summed E-state index contributed by atoms with van der Waals surface area (Å²) in [5.41, 5.74) is 5.31. The Kier molecular flexibility index (Phi) is 4.56. The molecule has 0 saturated carbocycles. The van der Waals surface area contributed by atoms with Crippen LogP contribution in [-0.4, -0.2) is 35.2 Å². The number of hydrogen-bond donors (Lipinski definition) is 1. The van der Waals surface area contributed by atoms with Crippen molar-refractivity contribution in [3.63, 3.8) is 0 Å². The summed E-state index contributed by atoms with van der Waals surface area (Å²) in [6.07, 6.45) is 6.08. The Hall–Kier alpha value is -3.98. The molecule has 0 saturated heterocycles. The second-order valence-electron chi connectivity index (χ2n) is 8.81. The van der Waals surface area contributed by atoms with Gasteiger partial charge in [-0.15, -0.1) is 0 Å². The molecule has 1 N–H and O–H groups in total. The van der Waals surface area contributed by atoms with E-state index in [-0.39, 0.29) is 11.5 Å². The molecule has 0 atom stereocenters. The van der Waals surface area contributed by atoms with Gasteiger partial charge < -0.3 is 5.32 Å². The van der Waals surface area contributed by atoms with E-state index in [1.807, 2.05) is 25.2 Å². The second kappa shape index (κ2) is 7.53. The van der Waals surface area contributed by atoms with Crippen LogP contribution in [0.1, 0.15) is 22.4 Å². The largest absolute Gasteiger partial charge is 0.338 e. The van der Waals surface area contributed by atoms with Crippen LogP contribution in [0.3, 0.4) is 0 Å². The average Bonchev–Trinajstić information content (AvgIpc) is 3.51. The average molecular weight is 458 g/mol. The predicted molar refractivity (Wildman–Crippen MR) is 128 cm³/mol. The topological polar surface area (TPSA) is 74.6 Å². The third-order valence-electron chi connectivity index (χ3n) is 6.56. The Bertz CT molecular complexity index is 1610. The molecule has 9 heteroatoms. The third-order valence-corrected chi connectivity index (χ3v) is 6.56. The summed E-state index contributed by atoms with van der Waals surface area (Å²) in [5, 5.41) is 13.5. The lowest BCUT2D eigenvalue weighted by atomic mass is 10.1. The molecule has 6 rings (SSSR count). The maximum Gasteiger partial charge on any atom is 0.338 e. The van der Waals surface area contributed by atoms with Crippen molar-refractivity contribution in [3.8, 4) is 17.2 Å². The van der Waals surface area contributed by atoms with Crippen LogP contribution in [0.25, 0.3) is 28.1 Å². The molecule has 0 amide bonds. The molecule has 0 unspecified atom stereocenters.